The maximum absolute atomic E-state index is 12.7. The molecule has 0 radical (unpaired) electrons. The van der Waals surface area contributed by atoms with Crippen LogP contribution in [-0.4, -0.2) is 57.4 Å². The van der Waals surface area contributed by atoms with E-state index in [2.05, 4.69) is 10.2 Å². The van der Waals surface area contributed by atoms with E-state index in [1.807, 2.05) is 44.2 Å². The van der Waals surface area contributed by atoms with Crippen LogP contribution in [0.3, 0.4) is 0 Å². The summed E-state index contributed by atoms with van der Waals surface area (Å²) >= 11 is 0. The van der Waals surface area contributed by atoms with Gasteiger partial charge in [0.15, 0.2) is 0 Å². The van der Waals surface area contributed by atoms with E-state index in [9.17, 15) is 4.79 Å². The molecule has 2 atom stereocenters. The van der Waals surface area contributed by atoms with Gasteiger partial charge in [-0.25, -0.2) is 0 Å². The maximum atomic E-state index is 12.7. The maximum Gasteiger partial charge on any atom is 0.224 e. The zero-order valence-corrected chi connectivity index (χ0v) is 14.4. The molecule has 0 saturated carbocycles. The summed E-state index contributed by atoms with van der Waals surface area (Å²) in [7, 11) is 1.66. The molecule has 5 nitrogen and oxygen atoms in total. The summed E-state index contributed by atoms with van der Waals surface area (Å²) in [5.74, 6) is -0.0205. The minimum absolute atomic E-state index is 0.0555. The van der Waals surface area contributed by atoms with Crippen molar-refractivity contribution < 1.29 is 14.3 Å². The number of carbonyl (C=O) groups is 1. The molecule has 1 aliphatic heterocycles. The molecule has 1 amide bonds. The summed E-state index contributed by atoms with van der Waals surface area (Å²) in [6.07, 6.45) is 0. The van der Waals surface area contributed by atoms with E-state index in [0.29, 0.717) is 6.61 Å². The molecule has 1 aliphatic rings. The van der Waals surface area contributed by atoms with Crippen LogP contribution in [-0.2, 0) is 19.8 Å². The second kappa shape index (κ2) is 8.43. The van der Waals surface area contributed by atoms with E-state index in [4.69, 9.17) is 9.47 Å². The first-order chi connectivity index (χ1) is 11.0. The molecule has 1 saturated heterocycles. The molecule has 1 fully saturated rings. The zero-order valence-electron chi connectivity index (χ0n) is 14.4. The Balaban J connectivity index is 1.99. The number of rotatable bonds is 7. The highest BCUT2D eigenvalue weighted by molar-refractivity contribution is 5.79. The smallest absolute Gasteiger partial charge is 0.224 e. The topological polar surface area (TPSA) is 50.8 Å². The fourth-order valence-electron chi connectivity index (χ4n) is 2.94. The van der Waals surface area contributed by atoms with Crippen LogP contribution in [0.2, 0.25) is 0 Å². The highest BCUT2D eigenvalue weighted by Crippen LogP contribution is 2.21. The van der Waals surface area contributed by atoms with Gasteiger partial charge in [-0.1, -0.05) is 37.3 Å². The van der Waals surface area contributed by atoms with Crippen molar-refractivity contribution in [3.8, 4) is 0 Å². The van der Waals surface area contributed by atoms with Crippen molar-refractivity contribution in [3.63, 3.8) is 0 Å². The van der Waals surface area contributed by atoms with Gasteiger partial charge in [-0.05, 0) is 12.5 Å². The Bertz CT molecular complexity index is 488. The number of ether oxygens (including phenoxy) is 2. The standard InChI is InChI=1S/C18H28N2O3/c1-15(13-20-9-11-23-12-10-20)17(21)19-18(2,14-22-3)16-7-5-4-6-8-16/h4-8,15H,9-14H2,1-3H3,(H,19,21)/t15-,18+/m0/s1. The van der Waals surface area contributed by atoms with Crippen molar-refractivity contribution >= 4 is 5.91 Å². The molecule has 23 heavy (non-hydrogen) atoms. The lowest BCUT2D eigenvalue weighted by molar-refractivity contribution is -0.128. The van der Waals surface area contributed by atoms with Gasteiger partial charge in [-0.3, -0.25) is 9.69 Å². The lowest BCUT2D eigenvalue weighted by Crippen LogP contribution is -2.50. The molecule has 0 bridgehead atoms. The van der Waals surface area contributed by atoms with Crippen LogP contribution >= 0.6 is 0 Å². The van der Waals surface area contributed by atoms with Gasteiger partial charge >= 0.3 is 0 Å². The molecule has 0 spiro atoms. The predicted octanol–water partition coefficient (Wildman–Crippen LogP) is 1.63. The summed E-state index contributed by atoms with van der Waals surface area (Å²) in [5, 5.41) is 3.18. The fraction of sp³-hybridized carbons (Fsp3) is 0.611. The molecular weight excluding hydrogens is 292 g/mol. The molecule has 1 N–H and O–H groups in total. The van der Waals surface area contributed by atoms with Gasteiger partial charge < -0.3 is 14.8 Å². The van der Waals surface area contributed by atoms with Crippen LogP contribution in [0.15, 0.2) is 30.3 Å². The molecule has 2 rings (SSSR count). The van der Waals surface area contributed by atoms with Crippen molar-refractivity contribution in [2.45, 2.75) is 19.4 Å². The van der Waals surface area contributed by atoms with Gasteiger partial charge in [0.2, 0.25) is 5.91 Å². The molecule has 1 aromatic carbocycles. The number of nitrogens with zero attached hydrogens (tertiary/aromatic N) is 1. The van der Waals surface area contributed by atoms with Crippen LogP contribution in [0.25, 0.3) is 0 Å². The number of benzene rings is 1. The van der Waals surface area contributed by atoms with Crippen LogP contribution in [0.5, 0.6) is 0 Å². The summed E-state index contributed by atoms with van der Waals surface area (Å²) < 4.78 is 10.7. The molecule has 1 heterocycles. The van der Waals surface area contributed by atoms with E-state index in [-0.39, 0.29) is 11.8 Å². The summed E-state index contributed by atoms with van der Waals surface area (Å²) in [5.41, 5.74) is 0.528. The quantitative estimate of drug-likeness (QED) is 0.830. The second-order valence-electron chi connectivity index (χ2n) is 6.43. The van der Waals surface area contributed by atoms with Crippen molar-refractivity contribution in [1.82, 2.24) is 10.2 Å². The number of amides is 1. The third kappa shape index (κ3) is 5.03. The number of nitrogens with one attached hydrogen (secondary N) is 1. The van der Waals surface area contributed by atoms with Gasteiger partial charge in [0.05, 0.1) is 25.4 Å². The van der Waals surface area contributed by atoms with Crippen LogP contribution < -0.4 is 5.32 Å². The van der Waals surface area contributed by atoms with Crippen molar-refractivity contribution in [2.24, 2.45) is 5.92 Å². The first-order valence-electron chi connectivity index (χ1n) is 8.22. The van der Waals surface area contributed by atoms with Crippen molar-refractivity contribution in [3.05, 3.63) is 35.9 Å². The van der Waals surface area contributed by atoms with Crippen LogP contribution in [0, 0.1) is 5.92 Å². The molecular formula is C18H28N2O3. The van der Waals surface area contributed by atoms with Gasteiger partial charge in [0.1, 0.15) is 0 Å². The van der Waals surface area contributed by atoms with Crippen LogP contribution in [0.1, 0.15) is 19.4 Å². The van der Waals surface area contributed by atoms with Gasteiger partial charge in [-0.15, -0.1) is 0 Å². The summed E-state index contributed by atoms with van der Waals surface area (Å²) in [6.45, 7) is 8.46. The third-order valence-electron chi connectivity index (χ3n) is 4.33. The Morgan fingerprint density at radius 1 is 1.35 bits per heavy atom. The van der Waals surface area contributed by atoms with Crippen molar-refractivity contribution in [1.29, 1.82) is 0 Å². The number of carbonyl (C=O) groups excluding carboxylic acids is 1. The third-order valence-corrected chi connectivity index (χ3v) is 4.33. The summed E-state index contributed by atoms with van der Waals surface area (Å²) in [6, 6.07) is 9.97. The molecule has 0 aliphatic carbocycles. The molecule has 128 valence electrons. The number of hydrogen-bond donors (Lipinski definition) is 1. The molecule has 1 aromatic rings. The van der Waals surface area contributed by atoms with E-state index >= 15 is 0 Å². The van der Waals surface area contributed by atoms with Gasteiger partial charge in [0.25, 0.3) is 0 Å². The van der Waals surface area contributed by atoms with Crippen molar-refractivity contribution in [2.75, 3.05) is 46.6 Å². The normalized spacial score (nSPS) is 19.8. The highest BCUT2D eigenvalue weighted by Gasteiger charge is 2.30. The Kier molecular flexibility index (Phi) is 6.57. The Morgan fingerprint density at radius 3 is 2.61 bits per heavy atom. The molecule has 0 aromatic heterocycles. The van der Waals surface area contributed by atoms with Crippen LogP contribution in [0.4, 0.5) is 0 Å². The van der Waals surface area contributed by atoms with Gasteiger partial charge in [-0.2, -0.15) is 0 Å². The molecule has 5 heteroatoms. The minimum atomic E-state index is -0.521. The molecule has 0 unspecified atom stereocenters. The SMILES string of the molecule is COC[C@@](C)(NC(=O)[C@@H](C)CN1CCOCC1)c1ccccc1. The average Bonchev–Trinajstić information content (AvgIpc) is 2.56. The first kappa shape index (κ1) is 17.9. The lowest BCUT2D eigenvalue weighted by atomic mass is 9.92. The van der Waals surface area contributed by atoms with E-state index in [0.717, 1.165) is 38.4 Å². The number of hydrogen-bond acceptors (Lipinski definition) is 4. The second-order valence-corrected chi connectivity index (χ2v) is 6.43. The average molecular weight is 320 g/mol. The predicted molar refractivity (Wildman–Crippen MR) is 90.2 cm³/mol. The largest absolute Gasteiger partial charge is 0.382 e. The number of morpholine rings is 1. The van der Waals surface area contributed by atoms with E-state index in [1.54, 1.807) is 7.11 Å². The minimum Gasteiger partial charge on any atom is -0.382 e. The summed E-state index contributed by atoms with van der Waals surface area (Å²) in [4.78, 5) is 14.9. The van der Waals surface area contributed by atoms with E-state index in [1.165, 1.54) is 0 Å². The first-order valence-corrected chi connectivity index (χ1v) is 8.22. The zero-order chi connectivity index (χ0) is 16.7. The van der Waals surface area contributed by atoms with Gasteiger partial charge in [0, 0.05) is 32.7 Å². The lowest BCUT2D eigenvalue weighted by Gasteiger charge is -2.33. The fourth-order valence-corrected chi connectivity index (χ4v) is 2.94. The Morgan fingerprint density at radius 2 is 2.00 bits per heavy atom. The van der Waals surface area contributed by atoms with E-state index < -0.39 is 5.54 Å². The Hall–Kier alpha value is -1.43. The number of methoxy groups -OCH3 is 1. The monoisotopic (exact) mass is 320 g/mol. The highest BCUT2D eigenvalue weighted by atomic mass is 16.5. The Labute approximate surface area is 139 Å².